The molecule has 100 valence electrons. The van der Waals surface area contributed by atoms with Crippen molar-refractivity contribution >= 4 is 16.6 Å². The summed E-state index contributed by atoms with van der Waals surface area (Å²) in [5, 5.41) is 12.0. The molecule has 0 bridgehead atoms. The minimum absolute atomic E-state index is 0.134. The zero-order valence-corrected chi connectivity index (χ0v) is 11.1. The van der Waals surface area contributed by atoms with Gasteiger partial charge in [0.2, 0.25) is 0 Å². The number of rotatable bonds is 3. The molecule has 0 fully saturated rings. The minimum atomic E-state index is -0.360. The molecule has 4 nitrogen and oxygen atoms in total. The number of hydrogen-bond donors (Lipinski definition) is 0. The summed E-state index contributed by atoms with van der Waals surface area (Å²) in [6.07, 6.45) is 2.02. The third-order valence-electron chi connectivity index (χ3n) is 3.40. The second-order valence-electron chi connectivity index (χ2n) is 4.93. The van der Waals surface area contributed by atoms with Crippen molar-refractivity contribution in [3.05, 3.63) is 76.0 Å². The molecule has 4 heteroatoms. The molecule has 1 aromatic heterocycles. The lowest BCUT2D eigenvalue weighted by atomic mass is 10.2. The first-order valence-electron chi connectivity index (χ1n) is 6.42. The maximum Gasteiger partial charge on any atom is 0.269 e. The minimum Gasteiger partial charge on any atom is -0.343 e. The fourth-order valence-electron chi connectivity index (χ4n) is 2.40. The topological polar surface area (TPSA) is 48.1 Å². The van der Waals surface area contributed by atoms with Gasteiger partial charge in [0.05, 0.1) is 4.92 Å². The average Bonchev–Trinajstić information content (AvgIpc) is 2.82. The van der Waals surface area contributed by atoms with E-state index in [-0.39, 0.29) is 10.6 Å². The number of aryl methyl sites for hydroxylation is 1. The van der Waals surface area contributed by atoms with E-state index in [0.29, 0.717) is 6.54 Å². The zero-order valence-electron chi connectivity index (χ0n) is 11.1. The van der Waals surface area contributed by atoms with Gasteiger partial charge >= 0.3 is 0 Å². The quantitative estimate of drug-likeness (QED) is 0.533. The lowest BCUT2D eigenvalue weighted by Gasteiger charge is -2.06. The lowest BCUT2D eigenvalue weighted by molar-refractivity contribution is -0.384. The summed E-state index contributed by atoms with van der Waals surface area (Å²) in [6.45, 7) is 2.69. The SMILES string of the molecule is Cc1ccc2ccn(Cc3cccc([N+](=O)[O-])c3)c2c1. The summed E-state index contributed by atoms with van der Waals surface area (Å²) in [4.78, 5) is 10.5. The van der Waals surface area contributed by atoms with E-state index in [9.17, 15) is 10.1 Å². The van der Waals surface area contributed by atoms with Gasteiger partial charge in [-0.15, -0.1) is 0 Å². The molecule has 0 saturated carbocycles. The first-order chi connectivity index (χ1) is 9.63. The molecule has 0 unspecified atom stereocenters. The number of aromatic nitrogens is 1. The smallest absolute Gasteiger partial charge is 0.269 e. The van der Waals surface area contributed by atoms with Gasteiger partial charge in [-0.1, -0.05) is 24.3 Å². The fraction of sp³-hybridized carbons (Fsp3) is 0.125. The van der Waals surface area contributed by atoms with Crippen LogP contribution in [0.4, 0.5) is 5.69 Å². The molecule has 2 aromatic carbocycles. The van der Waals surface area contributed by atoms with Crippen molar-refractivity contribution in [2.45, 2.75) is 13.5 Å². The van der Waals surface area contributed by atoms with Crippen LogP contribution in [0.15, 0.2) is 54.7 Å². The summed E-state index contributed by atoms with van der Waals surface area (Å²) < 4.78 is 2.11. The van der Waals surface area contributed by atoms with Crippen LogP contribution >= 0.6 is 0 Å². The van der Waals surface area contributed by atoms with E-state index < -0.39 is 0 Å². The molecule has 0 aliphatic rings. The molecule has 0 aliphatic carbocycles. The van der Waals surface area contributed by atoms with Gasteiger partial charge in [-0.25, -0.2) is 0 Å². The third-order valence-corrected chi connectivity index (χ3v) is 3.40. The van der Waals surface area contributed by atoms with Crippen molar-refractivity contribution in [2.24, 2.45) is 0 Å². The molecule has 3 rings (SSSR count). The van der Waals surface area contributed by atoms with Gasteiger partial charge in [-0.2, -0.15) is 0 Å². The Morgan fingerprint density at radius 2 is 2.00 bits per heavy atom. The highest BCUT2D eigenvalue weighted by Crippen LogP contribution is 2.20. The Labute approximate surface area is 116 Å². The van der Waals surface area contributed by atoms with Crippen LogP contribution in [0, 0.1) is 17.0 Å². The molecule has 0 N–H and O–H groups in total. The van der Waals surface area contributed by atoms with E-state index in [0.717, 1.165) is 11.1 Å². The predicted octanol–water partition coefficient (Wildman–Crippen LogP) is 3.91. The number of nitro groups is 1. The largest absolute Gasteiger partial charge is 0.343 e. The van der Waals surface area contributed by atoms with E-state index in [1.807, 2.05) is 12.3 Å². The van der Waals surface area contributed by atoms with Crippen LogP contribution in [0.3, 0.4) is 0 Å². The highest BCUT2D eigenvalue weighted by Gasteiger charge is 2.07. The molecular weight excluding hydrogens is 252 g/mol. The first kappa shape index (κ1) is 12.4. The van der Waals surface area contributed by atoms with Crippen molar-refractivity contribution in [2.75, 3.05) is 0 Å². The van der Waals surface area contributed by atoms with Crippen LogP contribution in [0.2, 0.25) is 0 Å². The Bertz CT molecular complexity index is 790. The number of benzene rings is 2. The second kappa shape index (κ2) is 4.81. The Hall–Kier alpha value is -2.62. The molecule has 0 spiro atoms. The van der Waals surface area contributed by atoms with Crippen molar-refractivity contribution < 1.29 is 4.92 Å². The molecule has 0 aliphatic heterocycles. The van der Waals surface area contributed by atoms with Crippen LogP contribution in [-0.2, 0) is 6.54 Å². The Kier molecular flexibility index (Phi) is 2.99. The van der Waals surface area contributed by atoms with Gasteiger partial charge < -0.3 is 4.57 Å². The summed E-state index contributed by atoms with van der Waals surface area (Å²) in [7, 11) is 0. The number of non-ortho nitro benzene ring substituents is 1. The normalized spacial score (nSPS) is 10.8. The summed E-state index contributed by atoms with van der Waals surface area (Å²) in [6, 6.07) is 15.1. The van der Waals surface area contributed by atoms with Crippen LogP contribution < -0.4 is 0 Å². The maximum atomic E-state index is 10.8. The molecule has 20 heavy (non-hydrogen) atoms. The molecule has 0 atom stereocenters. The maximum absolute atomic E-state index is 10.8. The lowest BCUT2D eigenvalue weighted by Crippen LogP contribution is -1.99. The zero-order chi connectivity index (χ0) is 14.1. The van der Waals surface area contributed by atoms with Crippen LogP contribution in [0.5, 0.6) is 0 Å². The standard InChI is InChI=1S/C16H14N2O2/c1-12-5-6-14-7-8-17(16(14)9-12)11-13-3-2-4-15(10-13)18(19)20/h2-10H,11H2,1H3. The molecule has 3 aromatic rings. The third kappa shape index (κ3) is 2.28. The average molecular weight is 266 g/mol. The van der Waals surface area contributed by atoms with E-state index in [2.05, 4.69) is 35.8 Å². The van der Waals surface area contributed by atoms with Crippen molar-refractivity contribution in [1.29, 1.82) is 0 Å². The predicted molar refractivity (Wildman–Crippen MR) is 78.9 cm³/mol. The Morgan fingerprint density at radius 3 is 2.80 bits per heavy atom. The second-order valence-corrected chi connectivity index (χ2v) is 4.93. The van der Waals surface area contributed by atoms with Gasteiger partial charge in [0.15, 0.2) is 0 Å². The van der Waals surface area contributed by atoms with Crippen molar-refractivity contribution in [1.82, 2.24) is 4.57 Å². The van der Waals surface area contributed by atoms with Crippen LogP contribution in [0.1, 0.15) is 11.1 Å². The summed E-state index contributed by atoms with van der Waals surface area (Å²) in [5.74, 6) is 0. The highest BCUT2D eigenvalue weighted by atomic mass is 16.6. The number of nitro benzene ring substituents is 1. The van der Waals surface area contributed by atoms with Crippen molar-refractivity contribution in [3.63, 3.8) is 0 Å². The van der Waals surface area contributed by atoms with E-state index in [1.165, 1.54) is 17.0 Å². The highest BCUT2D eigenvalue weighted by molar-refractivity contribution is 5.80. The van der Waals surface area contributed by atoms with Gasteiger partial charge in [0, 0.05) is 30.4 Å². The van der Waals surface area contributed by atoms with E-state index in [1.54, 1.807) is 12.1 Å². The van der Waals surface area contributed by atoms with Gasteiger partial charge in [0.25, 0.3) is 5.69 Å². The summed E-state index contributed by atoms with van der Waals surface area (Å²) in [5.41, 5.74) is 3.42. The molecule has 0 amide bonds. The Balaban J connectivity index is 1.99. The van der Waals surface area contributed by atoms with Crippen LogP contribution in [0.25, 0.3) is 10.9 Å². The Morgan fingerprint density at radius 1 is 1.15 bits per heavy atom. The van der Waals surface area contributed by atoms with E-state index >= 15 is 0 Å². The summed E-state index contributed by atoms with van der Waals surface area (Å²) >= 11 is 0. The fourth-order valence-corrected chi connectivity index (χ4v) is 2.40. The molecule has 0 saturated heterocycles. The number of hydrogen-bond acceptors (Lipinski definition) is 2. The number of fused-ring (bicyclic) bond motifs is 1. The monoisotopic (exact) mass is 266 g/mol. The van der Waals surface area contributed by atoms with E-state index in [4.69, 9.17) is 0 Å². The van der Waals surface area contributed by atoms with Gasteiger partial charge in [-0.3, -0.25) is 10.1 Å². The molecule has 1 heterocycles. The molecule has 0 radical (unpaired) electrons. The van der Waals surface area contributed by atoms with Gasteiger partial charge in [-0.05, 0) is 35.6 Å². The van der Waals surface area contributed by atoms with Crippen molar-refractivity contribution in [3.8, 4) is 0 Å². The number of nitrogens with zero attached hydrogens (tertiary/aromatic N) is 2. The van der Waals surface area contributed by atoms with Crippen LogP contribution in [-0.4, -0.2) is 9.49 Å². The van der Waals surface area contributed by atoms with Gasteiger partial charge in [0.1, 0.15) is 0 Å². The molecular formula is C16H14N2O2. The first-order valence-corrected chi connectivity index (χ1v) is 6.42.